The lowest BCUT2D eigenvalue weighted by molar-refractivity contribution is -0.107. The molecule has 0 aromatic rings. The van der Waals surface area contributed by atoms with Crippen LogP contribution < -0.4 is 0 Å². The van der Waals surface area contributed by atoms with Gasteiger partial charge in [0.05, 0.1) is 5.37 Å². The van der Waals surface area contributed by atoms with Gasteiger partial charge in [-0.25, -0.2) is 0 Å². The molecular weight excluding hydrogens is 334 g/mol. The van der Waals surface area contributed by atoms with E-state index in [9.17, 15) is 0 Å². The predicted molar refractivity (Wildman–Crippen MR) is 118 cm³/mol. The van der Waals surface area contributed by atoms with Crippen molar-refractivity contribution in [1.29, 1.82) is 0 Å². The summed E-state index contributed by atoms with van der Waals surface area (Å²) in [4.78, 5) is 2.87. The van der Waals surface area contributed by atoms with E-state index in [1.54, 1.807) is 0 Å². The van der Waals surface area contributed by atoms with E-state index >= 15 is 0 Å². The summed E-state index contributed by atoms with van der Waals surface area (Å²) in [6.07, 6.45) is 19.9. The minimum Gasteiger partial charge on any atom is -0.288 e. The summed E-state index contributed by atoms with van der Waals surface area (Å²) in [5, 5.41) is 0.794. The van der Waals surface area contributed by atoms with Crippen LogP contribution in [0.3, 0.4) is 0 Å². The standard InChI is InChI=1S/C24H45NS/c1-6-15-24-17-10-7-8-13-21(20(3)25-18-14-22(25)26-5)23(24,4)16-11-9-12-19(24)2/h19-22H,6-18H2,1-5H3. The van der Waals surface area contributed by atoms with Gasteiger partial charge in [-0.05, 0) is 67.9 Å². The van der Waals surface area contributed by atoms with Crippen LogP contribution in [-0.4, -0.2) is 29.1 Å². The molecule has 0 aromatic carbocycles. The van der Waals surface area contributed by atoms with Crippen molar-refractivity contribution in [1.82, 2.24) is 4.90 Å². The first-order valence-corrected chi connectivity index (χ1v) is 13.1. The molecule has 3 fully saturated rings. The fraction of sp³-hybridized carbons (Fsp3) is 1.00. The summed E-state index contributed by atoms with van der Waals surface area (Å²) in [6, 6.07) is 0.769. The zero-order valence-corrected chi connectivity index (χ0v) is 19.2. The molecule has 2 saturated carbocycles. The first kappa shape index (κ1) is 21.0. The van der Waals surface area contributed by atoms with Crippen LogP contribution in [0.1, 0.15) is 105 Å². The Hall–Kier alpha value is 0.310. The van der Waals surface area contributed by atoms with Gasteiger partial charge in [0.25, 0.3) is 0 Å². The average molecular weight is 380 g/mol. The molecule has 1 aliphatic heterocycles. The molecule has 0 radical (unpaired) electrons. The van der Waals surface area contributed by atoms with Crippen LogP contribution in [0.15, 0.2) is 0 Å². The lowest BCUT2D eigenvalue weighted by Crippen LogP contribution is -2.59. The molecule has 2 aliphatic carbocycles. The maximum atomic E-state index is 2.87. The third-order valence-electron chi connectivity index (χ3n) is 9.20. The van der Waals surface area contributed by atoms with Crippen molar-refractivity contribution in [3.8, 4) is 0 Å². The van der Waals surface area contributed by atoms with Gasteiger partial charge in [-0.15, -0.1) is 11.8 Å². The third kappa shape index (κ3) is 3.51. The van der Waals surface area contributed by atoms with Gasteiger partial charge in [0.1, 0.15) is 0 Å². The molecule has 0 N–H and O–H groups in total. The van der Waals surface area contributed by atoms with E-state index in [0.717, 1.165) is 23.3 Å². The fourth-order valence-corrected chi connectivity index (χ4v) is 8.54. The minimum atomic E-state index is 0.539. The maximum Gasteiger partial charge on any atom is 0.0569 e. The second kappa shape index (κ2) is 8.76. The molecule has 2 heteroatoms. The van der Waals surface area contributed by atoms with Gasteiger partial charge in [0.2, 0.25) is 0 Å². The lowest BCUT2D eigenvalue weighted by Gasteiger charge is -2.60. The number of hydrogen-bond acceptors (Lipinski definition) is 2. The minimum absolute atomic E-state index is 0.539. The highest BCUT2D eigenvalue weighted by Gasteiger charge is 2.56. The molecule has 6 unspecified atom stereocenters. The molecule has 0 spiro atoms. The van der Waals surface area contributed by atoms with Crippen LogP contribution in [0, 0.1) is 22.7 Å². The molecule has 0 aromatic heterocycles. The number of likely N-dealkylation sites (tertiary alicyclic amines) is 1. The Morgan fingerprint density at radius 3 is 2.42 bits per heavy atom. The van der Waals surface area contributed by atoms with Gasteiger partial charge in [0.15, 0.2) is 0 Å². The summed E-state index contributed by atoms with van der Waals surface area (Å²) >= 11 is 2.09. The highest BCUT2D eigenvalue weighted by molar-refractivity contribution is 7.99. The molecule has 1 heterocycles. The van der Waals surface area contributed by atoms with E-state index in [1.165, 1.54) is 83.6 Å². The van der Waals surface area contributed by atoms with Gasteiger partial charge < -0.3 is 0 Å². The molecular formula is C24H45NS. The van der Waals surface area contributed by atoms with Gasteiger partial charge in [-0.3, -0.25) is 4.90 Å². The van der Waals surface area contributed by atoms with Gasteiger partial charge in [-0.2, -0.15) is 0 Å². The third-order valence-corrected chi connectivity index (χ3v) is 10.2. The number of rotatable bonds is 5. The second-order valence-electron chi connectivity index (χ2n) is 10.1. The SMILES string of the molecule is CCCC12CCCCCC(C(C)N3CCC3SC)C1(C)CCCCC2C. The van der Waals surface area contributed by atoms with Crippen molar-refractivity contribution in [2.75, 3.05) is 12.8 Å². The molecule has 3 rings (SSSR count). The molecule has 26 heavy (non-hydrogen) atoms. The Kier molecular flexibility index (Phi) is 7.09. The quantitative estimate of drug-likeness (QED) is 0.491. The van der Waals surface area contributed by atoms with Crippen LogP contribution in [-0.2, 0) is 0 Å². The predicted octanol–water partition coefficient (Wildman–Crippen LogP) is 7.35. The van der Waals surface area contributed by atoms with Crippen LogP contribution in [0.2, 0.25) is 0 Å². The monoisotopic (exact) mass is 379 g/mol. The number of hydrogen-bond donors (Lipinski definition) is 0. The molecule has 0 amide bonds. The molecule has 1 saturated heterocycles. The Balaban J connectivity index is 1.98. The summed E-state index contributed by atoms with van der Waals surface area (Å²) in [7, 11) is 0. The van der Waals surface area contributed by atoms with Crippen LogP contribution in [0.25, 0.3) is 0 Å². The topological polar surface area (TPSA) is 3.24 Å². The second-order valence-corrected chi connectivity index (χ2v) is 11.1. The number of nitrogens with zero attached hydrogens (tertiary/aromatic N) is 1. The zero-order valence-electron chi connectivity index (χ0n) is 18.4. The normalized spacial score (nSPS) is 43.5. The van der Waals surface area contributed by atoms with Crippen molar-refractivity contribution in [2.24, 2.45) is 22.7 Å². The molecule has 3 aliphatic rings. The van der Waals surface area contributed by atoms with Gasteiger partial charge >= 0.3 is 0 Å². The van der Waals surface area contributed by atoms with E-state index in [2.05, 4.69) is 50.6 Å². The van der Waals surface area contributed by atoms with E-state index < -0.39 is 0 Å². The summed E-state index contributed by atoms with van der Waals surface area (Å²) in [5.41, 5.74) is 1.13. The first-order chi connectivity index (χ1) is 12.5. The van der Waals surface area contributed by atoms with Crippen molar-refractivity contribution in [3.63, 3.8) is 0 Å². The highest BCUT2D eigenvalue weighted by Crippen LogP contribution is 2.63. The largest absolute Gasteiger partial charge is 0.288 e. The van der Waals surface area contributed by atoms with E-state index in [4.69, 9.17) is 0 Å². The summed E-state index contributed by atoms with van der Waals surface area (Å²) in [5.74, 6) is 1.81. The number of fused-ring (bicyclic) bond motifs is 1. The molecule has 6 atom stereocenters. The van der Waals surface area contributed by atoms with Gasteiger partial charge in [0, 0.05) is 12.6 Å². The Morgan fingerprint density at radius 2 is 1.77 bits per heavy atom. The average Bonchev–Trinajstić information content (AvgIpc) is 2.68. The molecule has 1 nitrogen and oxygen atoms in total. The lowest BCUT2D eigenvalue weighted by atomic mass is 9.47. The molecule has 0 bridgehead atoms. The van der Waals surface area contributed by atoms with Crippen LogP contribution >= 0.6 is 11.8 Å². The molecule has 152 valence electrons. The first-order valence-electron chi connectivity index (χ1n) is 11.8. The van der Waals surface area contributed by atoms with Crippen LogP contribution in [0.4, 0.5) is 0 Å². The smallest absolute Gasteiger partial charge is 0.0569 e. The zero-order chi connectivity index (χ0) is 18.8. The fourth-order valence-electron chi connectivity index (χ4n) is 7.63. The van der Waals surface area contributed by atoms with Crippen molar-refractivity contribution >= 4 is 11.8 Å². The van der Waals surface area contributed by atoms with Crippen LogP contribution in [0.5, 0.6) is 0 Å². The van der Waals surface area contributed by atoms with Crippen molar-refractivity contribution in [2.45, 2.75) is 116 Å². The Labute approximate surface area is 168 Å². The Bertz CT molecular complexity index is 449. The highest BCUT2D eigenvalue weighted by atomic mass is 32.2. The Morgan fingerprint density at radius 1 is 1.04 bits per heavy atom. The maximum absolute atomic E-state index is 2.87. The van der Waals surface area contributed by atoms with E-state index in [0.29, 0.717) is 10.8 Å². The van der Waals surface area contributed by atoms with Crippen molar-refractivity contribution in [3.05, 3.63) is 0 Å². The summed E-state index contributed by atoms with van der Waals surface area (Å²) in [6.45, 7) is 11.8. The van der Waals surface area contributed by atoms with Crippen molar-refractivity contribution < 1.29 is 0 Å². The summed E-state index contributed by atoms with van der Waals surface area (Å²) < 4.78 is 0. The number of thioether (sulfide) groups is 1. The van der Waals surface area contributed by atoms with E-state index in [1.807, 2.05) is 0 Å². The van der Waals surface area contributed by atoms with Gasteiger partial charge in [-0.1, -0.05) is 65.7 Å². The van der Waals surface area contributed by atoms with E-state index in [-0.39, 0.29) is 0 Å².